The van der Waals surface area contributed by atoms with Crippen LogP contribution in [0.3, 0.4) is 0 Å². The summed E-state index contributed by atoms with van der Waals surface area (Å²) in [6, 6.07) is 22.1. The largest absolute Gasteiger partial charge is 0.380 e. The predicted molar refractivity (Wildman–Crippen MR) is 107 cm³/mol. The Labute approximate surface area is 159 Å². The van der Waals surface area contributed by atoms with Gasteiger partial charge in [-0.2, -0.15) is 15.6 Å². The zero-order valence-corrected chi connectivity index (χ0v) is 15.1. The van der Waals surface area contributed by atoms with Gasteiger partial charge in [0.25, 0.3) is 0 Å². The minimum atomic E-state index is -0.195. The second kappa shape index (κ2) is 9.38. The number of rotatable bonds is 6. The number of piperidine rings is 1. The summed E-state index contributed by atoms with van der Waals surface area (Å²) < 4.78 is 0. The molecule has 0 unspecified atom stereocenters. The summed E-state index contributed by atoms with van der Waals surface area (Å²) >= 11 is 0. The Balaban J connectivity index is 1.56. The van der Waals surface area contributed by atoms with Gasteiger partial charge in [-0.15, -0.1) is 0 Å². The first-order chi connectivity index (χ1) is 13.3. The van der Waals surface area contributed by atoms with Crippen LogP contribution in [0.1, 0.15) is 18.4 Å². The average Bonchev–Trinajstić information content (AvgIpc) is 2.72. The fraction of sp³-hybridized carbons (Fsp3) is 0.286. The number of nitrogens with zero attached hydrogens (tertiary/aromatic N) is 4. The van der Waals surface area contributed by atoms with Crippen molar-refractivity contribution in [3.8, 4) is 12.1 Å². The molecule has 0 spiro atoms. The number of hydrazone groups is 1. The van der Waals surface area contributed by atoms with Gasteiger partial charge < -0.3 is 5.32 Å². The quantitative estimate of drug-likeness (QED) is 0.609. The fourth-order valence-corrected chi connectivity index (χ4v) is 3.19. The Hall–Kier alpha value is -3.35. The topological polar surface area (TPSA) is 87.2 Å². The maximum Gasteiger partial charge on any atom is 0.237 e. The van der Waals surface area contributed by atoms with Crippen LogP contribution < -0.4 is 10.7 Å². The first-order valence-electron chi connectivity index (χ1n) is 9.04. The Kier molecular flexibility index (Phi) is 6.40. The number of nitriles is 2. The second-order valence-electron chi connectivity index (χ2n) is 6.52. The second-order valence-corrected chi connectivity index (χ2v) is 6.52. The molecule has 2 aromatic carbocycles. The van der Waals surface area contributed by atoms with Crippen molar-refractivity contribution >= 4 is 17.1 Å². The van der Waals surface area contributed by atoms with Gasteiger partial charge in [-0.1, -0.05) is 42.5 Å². The van der Waals surface area contributed by atoms with Gasteiger partial charge in [0.05, 0.1) is 11.4 Å². The Morgan fingerprint density at radius 1 is 0.963 bits per heavy atom. The highest BCUT2D eigenvalue weighted by molar-refractivity contribution is 6.10. The van der Waals surface area contributed by atoms with E-state index in [1.54, 1.807) is 12.1 Å². The lowest BCUT2D eigenvalue weighted by Gasteiger charge is -2.33. The molecule has 3 rings (SSSR count). The van der Waals surface area contributed by atoms with Crippen LogP contribution in [0.25, 0.3) is 0 Å². The number of para-hydroxylation sites is 2. The molecule has 0 saturated carbocycles. The lowest BCUT2D eigenvalue weighted by atomic mass is 10.0. The monoisotopic (exact) mass is 358 g/mol. The van der Waals surface area contributed by atoms with Crippen molar-refractivity contribution < 1.29 is 0 Å². The molecule has 1 heterocycles. The maximum absolute atomic E-state index is 8.80. The third-order valence-electron chi connectivity index (χ3n) is 4.62. The number of anilines is 2. The van der Waals surface area contributed by atoms with Gasteiger partial charge in [-0.05, 0) is 30.5 Å². The Morgan fingerprint density at radius 2 is 1.59 bits per heavy atom. The molecule has 6 heteroatoms. The van der Waals surface area contributed by atoms with E-state index in [2.05, 4.69) is 45.0 Å². The lowest BCUT2D eigenvalue weighted by molar-refractivity contribution is 0.211. The third-order valence-corrected chi connectivity index (χ3v) is 4.62. The van der Waals surface area contributed by atoms with Gasteiger partial charge in [-0.25, -0.2) is 0 Å². The van der Waals surface area contributed by atoms with E-state index in [0.29, 0.717) is 6.04 Å². The minimum absolute atomic E-state index is 0.195. The van der Waals surface area contributed by atoms with Crippen LogP contribution >= 0.6 is 0 Å². The van der Waals surface area contributed by atoms with Crippen LogP contribution in [0.4, 0.5) is 11.4 Å². The molecular formula is C21H22N6. The fourth-order valence-electron chi connectivity index (χ4n) is 3.19. The SMILES string of the molecule is N#CC(C#N)=NNc1ccccc1NC1CCN(Cc2ccccc2)CC1. The maximum atomic E-state index is 8.80. The van der Waals surface area contributed by atoms with E-state index < -0.39 is 0 Å². The van der Waals surface area contributed by atoms with Gasteiger partial charge >= 0.3 is 0 Å². The number of benzene rings is 2. The van der Waals surface area contributed by atoms with Crippen LogP contribution in [0, 0.1) is 22.7 Å². The van der Waals surface area contributed by atoms with E-state index in [1.807, 2.05) is 30.3 Å². The predicted octanol–water partition coefficient (Wildman–Crippen LogP) is 3.58. The van der Waals surface area contributed by atoms with Gasteiger partial charge in [-0.3, -0.25) is 10.3 Å². The number of nitrogens with one attached hydrogen (secondary N) is 2. The van der Waals surface area contributed by atoms with Crippen molar-refractivity contribution in [1.82, 2.24) is 4.90 Å². The molecule has 1 saturated heterocycles. The highest BCUT2D eigenvalue weighted by Gasteiger charge is 2.19. The summed E-state index contributed by atoms with van der Waals surface area (Å²) in [6.07, 6.45) is 2.12. The van der Waals surface area contributed by atoms with E-state index in [4.69, 9.17) is 10.5 Å². The van der Waals surface area contributed by atoms with Crippen LogP contribution in [0.5, 0.6) is 0 Å². The van der Waals surface area contributed by atoms with E-state index in [1.165, 1.54) is 5.56 Å². The Bertz CT molecular complexity index is 838. The van der Waals surface area contributed by atoms with Crippen molar-refractivity contribution in [2.24, 2.45) is 5.10 Å². The molecule has 0 amide bonds. The summed E-state index contributed by atoms with van der Waals surface area (Å²) in [7, 11) is 0. The van der Waals surface area contributed by atoms with Crippen molar-refractivity contribution in [2.75, 3.05) is 23.8 Å². The zero-order valence-electron chi connectivity index (χ0n) is 15.1. The van der Waals surface area contributed by atoms with Crippen molar-refractivity contribution in [2.45, 2.75) is 25.4 Å². The molecule has 136 valence electrons. The van der Waals surface area contributed by atoms with Crippen LogP contribution in [0.2, 0.25) is 0 Å². The zero-order chi connectivity index (χ0) is 18.9. The van der Waals surface area contributed by atoms with E-state index in [9.17, 15) is 0 Å². The first-order valence-corrected chi connectivity index (χ1v) is 9.04. The third kappa shape index (κ3) is 5.31. The normalized spacial score (nSPS) is 14.6. The van der Waals surface area contributed by atoms with Crippen LogP contribution in [-0.4, -0.2) is 29.7 Å². The molecule has 6 nitrogen and oxygen atoms in total. The standard InChI is InChI=1S/C21H22N6/c22-14-19(15-23)25-26-21-9-5-4-8-20(21)24-18-10-12-27(13-11-18)16-17-6-2-1-3-7-17/h1-9,18,24,26H,10-13,16H2. The Morgan fingerprint density at radius 3 is 2.26 bits per heavy atom. The van der Waals surface area contributed by atoms with E-state index in [0.717, 1.165) is 43.9 Å². The summed E-state index contributed by atoms with van der Waals surface area (Å²) in [5, 5.41) is 25.0. The van der Waals surface area contributed by atoms with E-state index >= 15 is 0 Å². The highest BCUT2D eigenvalue weighted by atomic mass is 15.3. The number of likely N-dealkylation sites (tertiary alicyclic amines) is 1. The molecule has 2 aromatic rings. The molecule has 0 radical (unpaired) electrons. The molecule has 0 bridgehead atoms. The molecule has 1 fully saturated rings. The summed E-state index contributed by atoms with van der Waals surface area (Å²) in [6.45, 7) is 3.09. The molecule has 1 aliphatic heterocycles. The summed E-state index contributed by atoms with van der Waals surface area (Å²) in [5.41, 5.74) is 5.66. The molecule has 0 aromatic heterocycles. The molecular weight excluding hydrogens is 336 g/mol. The van der Waals surface area contributed by atoms with Crippen molar-refractivity contribution in [1.29, 1.82) is 10.5 Å². The van der Waals surface area contributed by atoms with Gasteiger partial charge in [0.2, 0.25) is 5.71 Å². The highest BCUT2D eigenvalue weighted by Crippen LogP contribution is 2.25. The number of hydrogen-bond donors (Lipinski definition) is 2. The lowest BCUT2D eigenvalue weighted by Crippen LogP contribution is -2.38. The molecule has 0 atom stereocenters. The minimum Gasteiger partial charge on any atom is -0.380 e. The van der Waals surface area contributed by atoms with Gasteiger partial charge in [0.15, 0.2) is 0 Å². The van der Waals surface area contributed by atoms with Gasteiger partial charge in [0.1, 0.15) is 12.1 Å². The van der Waals surface area contributed by atoms with Crippen LogP contribution in [-0.2, 0) is 6.54 Å². The molecule has 2 N–H and O–H groups in total. The van der Waals surface area contributed by atoms with Crippen molar-refractivity contribution in [3.05, 3.63) is 60.2 Å². The molecule has 0 aliphatic carbocycles. The van der Waals surface area contributed by atoms with Crippen molar-refractivity contribution in [3.63, 3.8) is 0 Å². The molecule has 1 aliphatic rings. The van der Waals surface area contributed by atoms with E-state index in [-0.39, 0.29) is 5.71 Å². The summed E-state index contributed by atoms with van der Waals surface area (Å²) in [4.78, 5) is 2.48. The smallest absolute Gasteiger partial charge is 0.237 e. The molecule has 27 heavy (non-hydrogen) atoms. The summed E-state index contributed by atoms with van der Waals surface area (Å²) in [5.74, 6) is 0. The first kappa shape index (κ1) is 18.4. The van der Waals surface area contributed by atoms with Gasteiger partial charge in [0, 0.05) is 25.7 Å². The number of hydrogen-bond acceptors (Lipinski definition) is 6. The average molecular weight is 358 g/mol. The van der Waals surface area contributed by atoms with Crippen LogP contribution in [0.15, 0.2) is 59.7 Å².